The number of nitrogens with two attached hydrogens (primary N) is 1. The second kappa shape index (κ2) is 12.5. The Kier molecular flexibility index (Phi) is 8.73. The van der Waals surface area contributed by atoms with Gasteiger partial charge in [0.1, 0.15) is 5.70 Å². The monoisotopic (exact) mass is 626 g/mol. The van der Waals surface area contributed by atoms with Crippen LogP contribution in [0.25, 0.3) is 22.4 Å². The van der Waals surface area contributed by atoms with Crippen molar-refractivity contribution >= 4 is 28.9 Å². The van der Waals surface area contributed by atoms with Gasteiger partial charge in [-0.3, -0.25) is 14.2 Å². The summed E-state index contributed by atoms with van der Waals surface area (Å²) >= 11 is 6.17. The number of pyridine rings is 1. The first-order chi connectivity index (χ1) is 20.9. The lowest BCUT2D eigenvalue weighted by atomic mass is 9.93. The van der Waals surface area contributed by atoms with E-state index in [2.05, 4.69) is 20.6 Å². The molecule has 0 radical (unpaired) electrons. The van der Waals surface area contributed by atoms with Crippen LogP contribution in [0.4, 0.5) is 28.9 Å². The van der Waals surface area contributed by atoms with Gasteiger partial charge in [-0.05, 0) is 48.2 Å². The van der Waals surface area contributed by atoms with Gasteiger partial charge in [-0.25, -0.2) is 9.97 Å². The van der Waals surface area contributed by atoms with E-state index < -0.39 is 29.4 Å². The van der Waals surface area contributed by atoms with E-state index in [1.54, 1.807) is 19.1 Å². The van der Waals surface area contributed by atoms with Crippen molar-refractivity contribution < 1.29 is 22.4 Å². The molecule has 228 valence electrons. The summed E-state index contributed by atoms with van der Waals surface area (Å²) in [4.78, 5) is 34.7. The topological polar surface area (TPSA) is 115 Å². The molecule has 2 aromatic heterocycles. The molecule has 4 aromatic rings. The number of rotatable bonds is 4. The molecule has 2 bridgehead atoms. The van der Waals surface area contributed by atoms with Gasteiger partial charge in [0, 0.05) is 46.1 Å². The van der Waals surface area contributed by atoms with Gasteiger partial charge in [0.15, 0.2) is 0 Å². The zero-order chi connectivity index (χ0) is 31.6. The lowest BCUT2D eigenvalue weighted by Gasteiger charge is -2.23. The predicted octanol–water partition coefficient (Wildman–Crippen LogP) is 6.89. The molecule has 0 fully saturated rings. The Hall–Kier alpha value is -4.71. The zero-order valence-corrected chi connectivity index (χ0v) is 24.1. The average molecular weight is 627 g/mol. The summed E-state index contributed by atoms with van der Waals surface area (Å²) in [6.45, 7) is 1.79. The molecule has 1 amide bonds. The smallest absolute Gasteiger partial charge is 0.394 e. The Labute approximate surface area is 254 Å². The predicted molar refractivity (Wildman–Crippen MR) is 160 cm³/mol. The third-order valence-corrected chi connectivity index (χ3v) is 7.65. The van der Waals surface area contributed by atoms with Crippen LogP contribution in [0.3, 0.4) is 0 Å². The van der Waals surface area contributed by atoms with Gasteiger partial charge in [-0.2, -0.15) is 17.6 Å². The Bertz CT molecular complexity index is 1810. The Morgan fingerprint density at radius 3 is 2.64 bits per heavy atom. The molecule has 0 saturated carbocycles. The highest BCUT2D eigenvalue weighted by Crippen LogP contribution is 2.34. The van der Waals surface area contributed by atoms with Crippen LogP contribution in [0.15, 0.2) is 83.8 Å². The number of allylic oxidation sites excluding steroid dienone is 1. The minimum Gasteiger partial charge on any atom is -0.394 e. The molecule has 0 spiro atoms. The second-order valence-corrected chi connectivity index (χ2v) is 10.9. The normalized spacial score (nSPS) is 17.6. The van der Waals surface area contributed by atoms with Gasteiger partial charge in [0.25, 0.3) is 5.56 Å². The Morgan fingerprint density at radius 1 is 1.09 bits per heavy atom. The van der Waals surface area contributed by atoms with Gasteiger partial charge in [-0.1, -0.05) is 43.1 Å². The van der Waals surface area contributed by atoms with Crippen molar-refractivity contribution in [1.29, 1.82) is 0 Å². The van der Waals surface area contributed by atoms with Crippen molar-refractivity contribution in [2.75, 3.05) is 10.6 Å². The van der Waals surface area contributed by atoms with Crippen molar-refractivity contribution in [3.8, 4) is 22.4 Å². The molecule has 2 unspecified atom stereocenters. The highest BCUT2D eigenvalue weighted by molar-refractivity contribution is 6.31. The molecule has 4 N–H and O–H groups in total. The van der Waals surface area contributed by atoms with Crippen molar-refractivity contribution in [2.24, 2.45) is 11.7 Å². The Balaban J connectivity index is 1.56. The number of alkyl halides is 3. The van der Waals surface area contributed by atoms with E-state index in [1.165, 1.54) is 47.4 Å². The summed E-state index contributed by atoms with van der Waals surface area (Å²) in [7, 11) is 0. The first-order valence-electron chi connectivity index (χ1n) is 13.6. The first-order valence-corrected chi connectivity index (χ1v) is 14.0. The molecular formula is C31H27ClF4N6O2. The minimum atomic E-state index is -4.72. The highest BCUT2D eigenvalue weighted by Gasteiger charge is 2.31. The van der Waals surface area contributed by atoms with Crippen molar-refractivity contribution in [3.63, 3.8) is 0 Å². The molecule has 1 aliphatic heterocycles. The van der Waals surface area contributed by atoms with E-state index >= 15 is 0 Å². The number of anilines is 2. The van der Waals surface area contributed by atoms with Gasteiger partial charge < -0.3 is 16.4 Å². The van der Waals surface area contributed by atoms with Gasteiger partial charge in [0.05, 0.1) is 29.9 Å². The Morgan fingerprint density at radius 2 is 1.89 bits per heavy atom. The molecule has 44 heavy (non-hydrogen) atoms. The summed E-state index contributed by atoms with van der Waals surface area (Å²) in [6, 6.07) is 13.7. The molecule has 0 aliphatic carbocycles. The molecule has 5 rings (SSSR count). The highest BCUT2D eigenvalue weighted by atomic mass is 35.5. The number of carbonyl (C=O) groups excluding carboxylic acids is 1. The maximum absolute atomic E-state index is 14.2. The minimum absolute atomic E-state index is 0.180. The largest absolute Gasteiger partial charge is 0.432 e. The lowest BCUT2D eigenvalue weighted by Crippen LogP contribution is -2.26. The summed E-state index contributed by atoms with van der Waals surface area (Å²) in [5.74, 6) is -1.30. The standard InChI is InChI=1S/C31H27ClF4N6O2/c1-17-4-2-7-26(19-6-3-5-18(10-19)21-12-28(33)39-14-25(21)41-30(17)44)42-16-40-24(13-29(42)43)22-11-20(32)8-9-23(22)38-15-27(37)31(34,35)36/h3,5-6,8-17,26,38H,2,4,7,37H2,1H3,(H,41,44)/b27-15-. The number of nitrogens with one attached hydrogen (secondary N) is 2. The fourth-order valence-electron chi connectivity index (χ4n) is 5.04. The van der Waals surface area contributed by atoms with E-state index in [-0.39, 0.29) is 28.2 Å². The number of amides is 1. The average Bonchev–Trinajstić information content (AvgIpc) is 2.98. The first kappa shape index (κ1) is 30.7. The maximum atomic E-state index is 14.2. The van der Waals surface area contributed by atoms with E-state index in [4.69, 9.17) is 17.3 Å². The van der Waals surface area contributed by atoms with Crippen LogP contribution in [0.5, 0.6) is 0 Å². The van der Waals surface area contributed by atoms with Gasteiger partial charge in [-0.15, -0.1) is 0 Å². The third kappa shape index (κ3) is 6.75. The van der Waals surface area contributed by atoms with Crippen LogP contribution in [-0.2, 0) is 4.79 Å². The molecule has 0 saturated heterocycles. The van der Waals surface area contributed by atoms with Crippen LogP contribution in [0, 0.1) is 11.9 Å². The van der Waals surface area contributed by atoms with Crippen LogP contribution in [0.2, 0.25) is 5.02 Å². The number of fused-ring (bicyclic) bond motifs is 4. The third-order valence-electron chi connectivity index (χ3n) is 7.41. The molecular weight excluding hydrogens is 600 g/mol. The van der Waals surface area contributed by atoms with E-state index in [0.717, 1.165) is 5.56 Å². The quantitative estimate of drug-likeness (QED) is 0.168. The number of hydrogen-bond acceptors (Lipinski definition) is 6. The summed E-state index contributed by atoms with van der Waals surface area (Å²) < 4.78 is 54.4. The fraction of sp³-hybridized carbons (Fsp3) is 0.226. The fourth-order valence-corrected chi connectivity index (χ4v) is 5.21. The van der Waals surface area contributed by atoms with E-state index in [0.29, 0.717) is 47.8 Å². The SMILES string of the molecule is CC1CCCC(n2cnc(-c3cc(Cl)ccc3N/C=C(\N)C(F)(F)F)cc2=O)c2cccc(c2)-c2cc(F)ncc2NC1=O. The lowest BCUT2D eigenvalue weighted by molar-refractivity contribution is -0.119. The molecule has 13 heteroatoms. The molecule has 8 nitrogen and oxygen atoms in total. The number of halogens is 5. The number of aromatic nitrogens is 3. The van der Waals surface area contributed by atoms with Gasteiger partial charge in [0.2, 0.25) is 11.9 Å². The maximum Gasteiger partial charge on any atom is 0.432 e. The zero-order valence-electron chi connectivity index (χ0n) is 23.3. The molecule has 3 heterocycles. The number of nitrogens with zero attached hydrogens (tertiary/aromatic N) is 3. The summed E-state index contributed by atoms with van der Waals surface area (Å²) in [6.07, 6.45) is 0.166. The number of hydrogen-bond donors (Lipinski definition) is 3. The van der Waals surface area contributed by atoms with E-state index in [1.807, 2.05) is 12.1 Å². The van der Waals surface area contributed by atoms with Crippen molar-refractivity contribution in [1.82, 2.24) is 14.5 Å². The van der Waals surface area contributed by atoms with Gasteiger partial charge >= 0.3 is 6.18 Å². The molecule has 2 atom stereocenters. The van der Waals surface area contributed by atoms with Crippen molar-refractivity contribution in [3.05, 3.63) is 106 Å². The molecule has 2 aromatic carbocycles. The number of benzene rings is 2. The summed E-state index contributed by atoms with van der Waals surface area (Å²) in [5.41, 5.74) is 6.25. The summed E-state index contributed by atoms with van der Waals surface area (Å²) in [5, 5.41) is 5.67. The van der Waals surface area contributed by atoms with E-state index in [9.17, 15) is 27.2 Å². The van der Waals surface area contributed by atoms with Crippen LogP contribution in [-0.4, -0.2) is 26.6 Å². The second-order valence-electron chi connectivity index (χ2n) is 10.5. The van der Waals surface area contributed by atoms with Crippen LogP contribution in [0.1, 0.15) is 37.8 Å². The van der Waals surface area contributed by atoms with Crippen molar-refractivity contribution in [2.45, 2.75) is 38.4 Å². The van der Waals surface area contributed by atoms with Crippen LogP contribution >= 0.6 is 11.6 Å². The number of carbonyl (C=O) groups is 1. The molecule has 1 aliphatic rings. The van der Waals surface area contributed by atoms with Crippen LogP contribution < -0.4 is 21.9 Å².